The average molecular weight is 447 g/mol. The van der Waals surface area contributed by atoms with Gasteiger partial charge in [0.25, 0.3) is 0 Å². The number of hydrogen-bond donors (Lipinski definition) is 1. The number of rotatable bonds is 2. The SMILES string of the molecule is C#CC#CC#CC#CC#CC#CC#CC#CC#CC#CC#COc1ccc(CO)c(C)c1.[HH].[HH].[HH].[HH].[HH].[HH].[HH].[HH].[HH].[HH].[HH].[HH].[HH].[HH].[HH].[HH].[HH].[HH].[HH].[HH].[HH].[HH]. The molecule has 0 unspecified atom stereocenters. The molecular weight excluding hydrogens is 392 g/mol. The largest absolute Gasteiger partial charge is 0.407 e. The van der Waals surface area contributed by atoms with Gasteiger partial charge in [0.15, 0.2) is 0 Å². The van der Waals surface area contributed by atoms with Gasteiger partial charge in [-0.25, -0.2) is 0 Å². The summed E-state index contributed by atoms with van der Waals surface area (Å²) >= 11 is 0. The van der Waals surface area contributed by atoms with E-state index < -0.39 is 0 Å². The zero-order valence-corrected chi connectivity index (χ0v) is 16.9. The Morgan fingerprint density at radius 3 is 1.47 bits per heavy atom. The van der Waals surface area contributed by atoms with Crippen molar-refractivity contribution in [2.75, 3.05) is 0 Å². The molecule has 2 nitrogen and oxygen atoms in total. The van der Waals surface area contributed by atoms with E-state index >= 15 is 0 Å². The molecule has 0 amide bonds. The third-order valence-corrected chi connectivity index (χ3v) is 2.90. The fourth-order valence-corrected chi connectivity index (χ4v) is 1.59. The van der Waals surface area contributed by atoms with Crippen LogP contribution in [0, 0.1) is 138 Å². The van der Waals surface area contributed by atoms with E-state index in [0.717, 1.165) is 11.1 Å². The Morgan fingerprint density at radius 1 is 0.688 bits per heavy atom. The molecule has 0 aliphatic carbocycles. The van der Waals surface area contributed by atoms with Crippen LogP contribution in [-0.2, 0) is 6.61 Å². The molecule has 1 aromatic carbocycles. The Bertz CT molecular complexity index is 1600. The number of aliphatic hydroxyl groups excluding tert-OH is 1. The van der Waals surface area contributed by atoms with Gasteiger partial charge < -0.3 is 9.84 Å². The molecule has 2 heteroatoms. The van der Waals surface area contributed by atoms with Crippen molar-refractivity contribution in [3.8, 4) is 137 Å². The van der Waals surface area contributed by atoms with Crippen molar-refractivity contribution >= 4 is 0 Å². The molecule has 0 radical (unpaired) electrons. The van der Waals surface area contributed by atoms with Gasteiger partial charge in [-0.3, -0.25) is 0 Å². The molecule has 0 heterocycles. The van der Waals surface area contributed by atoms with Crippen LogP contribution in [0.1, 0.15) is 42.5 Å². The number of aliphatic hydroxyl groups is 1. The second-order valence-electron chi connectivity index (χ2n) is 4.97. The maximum absolute atomic E-state index is 9.12. The lowest BCUT2D eigenvalue weighted by Crippen LogP contribution is -1.90. The van der Waals surface area contributed by atoms with Crippen molar-refractivity contribution in [1.82, 2.24) is 0 Å². The van der Waals surface area contributed by atoms with Crippen molar-refractivity contribution in [3.63, 3.8) is 0 Å². The van der Waals surface area contributed by atoms with Crippen LogP contribution in [0.25, 0.3) is 0 Å². The summed E-state index contributed by atoms with van der Waals surface area (Å²) in [6, 6.07) is 5.28. The number of ether oxygens (including phenoxy) is 1. The van der Waals surface area contributed by atoms with Gasteiger partial charge in [0.05, 0.1) is 6.61 Å². The molecule has 1 rings (SSSR count). The van der Waals surface area contributed by atoms with Crippen molar-refractivity contribution < 1.29 is 41.2 Å². The Hall–Kier alpha value is -5.86. The Labute approximate surface area is 222 Å². The van der Waals surface area contributed by atoms with E-state index in [9.17, 15) is 0 Å². The minimum atomic E-state index is -0.0171. The predicted molar refractivity (Wildman–Crippen MR) is 171 cm³/mol. The van der Waals surface area contributed by atoms with Crippen molar-refractivity contribution in [2.24, 2.45) is 0 Å². The van der Waals surface area contributed by atoms with E-state index in [1.54, 1.807) is 18.2 Å². The minimum Gasteiger partial charge on any atom is -0.407 e. The highest BCUT2D eigenvalue weighted by molar-refractivity contribution is 5.47. The van der Waals surface area contributed by atoms with E-state index in [1.807, 2.05) is 6.92 Å². The van der Waals surface area contributed by atoms with Crippen LogP contribution >= 0.6 is 0 Å². The summed E-state index contributed by atoms with van der Waals surface area (Å²) in [4.78, 5) is 0. The molecule has 0 saturated carbocycles. The van der Waals surface area contributed by atoms with Crippen LogP contribution in [0.3, 0.4) is 0 Å². The molecule has 0 aliphatic heterocycles. The van der Waals surface area contributed by atoms with E-state index in [4.69, 9.17) is 16.3 Å². The molecule has 0 aliphatic rings. The third kappa shape index (κ3) is 12.5. The monoisotopic (exact) mass is 446 g/mol. The van der Waals surface area contributed by atoms with E-state index in [2.05, 4.69) is 125 Å². The van der Waals surface area contributed by atoms with E-state index in [-0.39, 0.29) is 38.0 Å². The van der Waals surface area contributed by atoms with Crippen LogP contribution < -0.4 is 4.74 Å². The smallest absolute Gasteiger partial charge is 0.140 e. The zero-order chi connectivity index (χ0) is 23.1. The van der Waals surface area contributed by atoms with Gasteiger partial charge in [-0.2, -0.15) is 0 Å². The van der Waals surface area contributed by atoms with Gasteiger partial charge in [0.2, 0.25) is 0 Å². The summed E-state index contributed by atoms with van der Waals surface area (Å²) < 4.78 is 5.24. The summed E-state index contributed by atoms with van der Waals surface area (Å²) in [5, 5.41) is 9.12. The number of terminal acetylenes is 1. The maximum Gasteiger partial charge on any atom is 0.140 e. The quantitative estimate of drug-likeness (QED) is 0.500. The normalized spacial score (nSPS) is 5.91. The average Bonchev–Trinajstić information content (AvgIpc) is 2.80. The number of aryl methyl sites for hydroxylation is 1. The fourth-order valence-electron chi connectivity index (χ4n) is 1.59. The summed E-state index contributed by atoms with van der Waals surface area (Å²) in [6.45, 7) is 1.86. The first-order valence-electron chi connectivity index (χ1n) is 8.60. The van der Waals surface area contributed by atoms with Crippen LogP contribution in [0.4, 0.5) is 0 Å². The first-order valence-corrected chi connectivity index (χ1v) is 8.60. The van der Waals surface area contributed by atoms with Gasteiger partial charge in [0, 0.05) is 102 Å². The third-order valence-electron chi connectivity index (χ3n) is 2.90. The molecule has 32 heavy (non-hydrogen) atoms. The van der Waals surface area contributed by atoms with Crippen LogP contribution in [-0.4, -0.2) is 5.11 Å². The predicted octanol–water partition coefficient (Wildman–Crippen LogP) is 6.90. The van der Waals surface area contributed by atoms with Gasteiger partial charge in [-0.05, 0) is 77.5 Å². The lowest BCUT2D eigenvalue weighted by Gasteiger charge is -2.03. The van der Waals surface area contributed by atoms with Gasteiger partial charge in [0.1, 0.15) is 11.9 Å². The van der Waals surface area contributed by atoms with E-state index in [1.165, 1.54) is 0 Å². The molecule has 0 bridgehead atoms. The molecule has 0 spiro atoms. The Balaban J connectivity index is -0.0000000233. The highest BCUT2D eigenvalue weighted by atomic mass is 16.5. The van der Waals surface area contributed by atoms with Crippen LogP contribution in [0.15, 0.2) is 18.2 Å². The number of hydrogen-bond acceptors (Lipinski definition) is 2. The molecule has 0 saturated heterocycles. The Kier molecular flexibility index (Phi) is 13.0. The highest BCUT2D eigenvalue weighted by Crippen LogP contribution is 2.16. The molecule has 1 N–H and O–H groups in total. The minimum absolute atomic E-state index is 0. The maximum atomic E-state index is 9.12. The summed E-state index contributed by atoms with van der Waals surface area (Å²) in [5.74, 6) is 49.9. The lowest BCUT2D eigenvalue weighted by atomic mass is 10.1. The molecule has 0 atom stereocenters. The summed E-state index contributed by atoms with van der Waals surface area (Å²) in [7, 11) is 0. The van der Waals surface area contributed by atoms with Gasteiger partial charge >= 0.3 is 0 Å². The van der Waals surface area contributed by atoms with Gasteiger partial charge in [-0.1, -0.05) is 6.07 Å². The van der Waals surface area contributed by atoms with Crippen molar-refractivity contribution in [3.05, 3.63) is 29.3 Å². The first-order chi connectivity index (χ1) is 15.8. The summed E-state index contributed by atoms with van der Waals surface area (Å²) in [6.07, 6.45) is 7.38. The molecular formula is C30H54O2. The van der Waals surface area contributed by atoms with Gasteiger partial charge in [-0.15, -0.1) is 6.42 Å². The number of benzene rings is 1. The lowest BCUT2D eigenvalue weighted by molar-refractivity contribution is 0.281. The van der Waals surface area contributed by atoms with Crippen LogP contribution in [0.5, 0.6) is 5.75 Å². The second kappa shape index (κ2) is 17.3. The zero-order valence-electron chi connectivity index (χ0n) is 16.9. The van der Waals surface area contributed by atoms with E-state index in [0.29, 0.717) is 5.75 Å². The fraction of sp³-hybridized carbons (Fsp3) is 0.0667. The second-order valence-corrected chi connectivity index (χ2v) is 4.97. The van der Waals surface area contributed by atoms with Crippen molar-refractivity contribution in [1.29, 1.82) is 0 Å². The molecule has 0 aromatic heterocycles. The molecule has 0 fully saturated rings. The highest BCUT2D eigenvalue weighted by Gasteiger charge is 1.98. The topological polar surface area (TPSA) is 29.5 Å². The van der Waals surface area contributed by atoms with Crippen molar-refractivity contribution in [2.45, 2.75) is 13.5 Å². The molecule has 1 aromatic rings. The first kappa shape index (κ1) is 24.2. The standard InChI is InChI=1S/C30H10O2.22H2/c1-3-4-5-6-7-8-9-10-11-12-13-14-15-16-17-18-19-20-21-22-25-32-30-24-23-29(27-31)28(2)26-30;;;;;;;;;;;;;;;;;;;;;;/h1,23-24,26,31H,27H2,2H3;22*1H. The molecule has 186 valence electrons. The Morgan fingerprint density at radius 2 is 1.09 bits per heavy atom. The summed E-state index contributed by atoms with van der Waals surface area (Å²) in [5.41, 5.74) is 1.76. The van der Waals surface area contributed by atoms with Crippen LogP contribution in [0.2, 0.25) is 0 Å².